The Labute approximate surface area is 53.9 Å². The second-order valence-electron chi connectivity index (χ2n) is 0. The van der Waals surface area contributed by atoms with E-state index in [0.717, 1.165) is 21.3 Å². The summed E-state index contributed by atoms with van der Waals surface area (Å²) in [6.07, 6.45) is 0. The fourth-order valence-corrected chi connectivity index (χ4v) is 0. The minimum absolute atomic E-state index is 0. The van der Waals surface area contributed by atoms with Crippen LogP contribution in [0.5, 0.6) is 0 Å². The van der Waals surface area contributed by atoms with Crippen molar-refractivity contribution in [3.05, 3.63) is 0 Å². The van der Waals surface area contributed by atoms with Crippen LogP contribution in [0, 0.1) is 0 Å². The molecule has 0 aromatic carbocycles. The summed E-state index contributed by atoms with van der Waals surface area (Å²) in [5.74, 6) is 0. The Morgan fingerprint density at radius 1 is 0.857 bits per heavy atom. The van der Waals surface area contributed by atoms with Crippen LogP contribution in [0.4, 0.5) is 0 Å². The van der Waals surface area contributed by atoms with E-state index in [0.29, 0.717) is 0 Å². The van der Waals surface area contributed by atoms with Crippen LogP contribution in [0.2, 0.25) is 0 Å². The third kappa shape index (κ3) is 874. The Kier molecular flexibility index (Phi) is 4960. The molecule has 1 N–H and O–H groups in total. The smallest absolute Gasteiger partial charge is 0.857 e. The van der Waals surface area contributed by atoms with E-state index in [4.69, 9.17) is 15.3 Å². The van der Waals surface area contributed by atoms with Crippen LogP contribution < -0.4 is 10.2 Å². The summed E-state index contributed by atoms with van der Waals surface area (Å²) >= 11 is 0. The molecule has 4 heteroatoms. The van der Waals surface area contributed by atoms with Crippen molar-refractivity contribution in [2.75, 3.05) is 21.3 Å². The molecule has 0 aliphatic heterocycles. The van der Waals surface area contributed by atoms with Crippen LogP contribution in [0.15, 0.2) is 0 Å². The molecule has 0 spiro atoms. The quantitative estimate of drug-likeness (QED) is 0.393. The van der Waals surface area contributed by atoms with Crippen LogP contribution in [-0.2, 0) is 16.5 Å². The van der Waals surface area contributed by atoms with Crippen LogP contribution in [0.25, 0.3) is 0 Å². The molecule has 7 heavy (non-hydrogen) atoms. The Bertz CT molecular complexity index is 10.1. The second kappa shape index (κ2) is 1320. The molecule has 3 nitrogen and oxygen atoms in total. The molecular weight excluding hydrogens is 143 g/mol. The van der Waals surface area contributed by atoms with Crippen molar-refractivity contribution < 1.29 is 31.8 Å². The van der Waals surface area contributed by atoms with Crippen molar-refractivity contribution in [2.24, 2.45) is 0 Å². The zero-order chi connectivity index (χ0) is 6.00. The summed E-state index contributed by atoms with van der Waals surface area (Å²) in [6.45, 7) is 0. The molecule has 0 amide bonds. The molecule has 0 radical (unpaired) electrons. The molecule has 0 atom stereocenters. The molecule has 0 saturated heterocycles. The van der Waals surface area contributed by atoms with E-state index in [1.807, 2.05) is 0 Å². The van der Waals surface area contributed by atoms with Gasteiger partial charge in [0.05, 0.1) is 0 Å². The van der Waals surface area contributed by atoms with E-state index in [-0.39, 0.29) is 16.5 Å². The Balaban J connectivity index is -0.00000000900. The van der Waals surface area contributed by atoms with Crippen LogP contribution in [0.3, 0.4) is 0 Å². The third-order valence-electron chi connectivity index (χ3n) is 0. The van der Waals surface area contributed by atoms with E-state index in [1.165, 1.54) is 0 Å². The van der Waals surface area contributed by atoms with Gasteiger partial charge >= 0.3 is 16.5 Å². The molecule has 0 aliphatic rings. The predicted octanol–water partition coefficient (Wildman–Crippen LogP) is -2.44. The van der Waals surface area contributed by atoms with E-state index in [1.54, 1.807) is 0 Å². The van der Waals surface area contributed by atoms with Gasteiger partial charge in [-0.2, -0.15) is 14.2 Å². The zero-order valence-corrected chi connectivity index (χ0v) is 5.57. The van der Waals surface area contributed by atoms with Crippen LogP contribution >= 0.6 is 0 Å². The molecule has 0 saturated carbocycles. The van der Waals surface area contributed by atoms with Crippen molar-refractivity contribution in [2.45, 2.75) is 0 Å². The van der Waals surface area contributed by atoms with Crippen molar-refractivity contribution in [1.82, 2.24) is 0 Å². The van der Waals surface area contributed by atoms with Gasteiger partial charge in [-0.1, -0.05) is 0 Å². The Hall–Kier alpha value is 0.374. The molecule has 0 heterocycles. The van der Waals surface area contributed by atoms with Gasteiger partial charge in [-0.3, -0.25) is 0 Å². The van der Waals surface area contributed by atoms with Crippen molar-refractivity contribution >= 4 is 0 Å². The van der Waals surface area contributed by atoms with Crippen molar-refractivity contribution in [3.8, 4) is 0 Å². The van der Waals surface area contributed by atoms with Gasteiger partial charge in [0.15, 0.2) is 0 Å². The van der Waals surface area contributed by atoms with Crippen molar-refractivity contribution in [3.63, 3.8) is 0 Å². The van der Waals surface area contributed by atoms with Gasteiger partial charge in [-0.15, -0.1) is 0 Å². The minimum Gasteiger partial charge on any atom is -0.857 e. The monoisotopic (exact) mass is 152 g/mol. The normalized spacial score (nSPS) is 2.57. The van der Waals surface area contributed by atoms with Crippen molar-refractivity contribution in [1.29, 1.82) is 0 Å². The second-order valence-corrected chi connectivity index (χ2v) is 0. The predicted molar refractivity (Wildman–Crippen MR) is 20.0 cm³/mol. The minimum atomic E-state index is 0. The van der Waals surface area contributed by atoms with Gasteiger partial charge in [0.25, 0.3) is 0 Å². The maximum absolute atomic E-state index is 8.25. The molecule has 0 aromatic heterocycles. The number of aliphatic hydroxyl groups excluding tert-OH is 1. The number of hydrogen-bond donors (Lipinski definition) is 1. The first-order valence-corrected chi connectivity index (χ1v) is 1.26. The first-order valence-electron chi connectivity index (χ1n) is 1.26. The van der Waals surface area contributed by atoms with Gasteiger partial charge < -0.3 is 15.3 Å². The average molecular weight is 153 g/mol. The summed E-state index contributed by atoms with van der Waals surface area (Å²) in [4.78, 5) is 0. The number of rotatable bonds is 0. The molecular formula is C3H10NiO3. The number of hydrogen-bond acceptors (Lipinski definition) is 3. The third-order valence-corrected chi connectivity index (χ3v) is 0. The Morgan fingerprint density at radius 2 is 0.857 bits per heavy atom. The van der Waals surface area contributed by atoms with E-state index < -0.39 is 0 Å². The topological polar surface area (TPSA) is 66.3 Å². The average Bonchev–Trinajstić information content (AvgIpc) is 1.81. The summed E-state index contributed by atoms with van der Waals surface area (Å²) in [6, 6.07) is 0. The van der Waals surface area contributed by atoms with Gasteiger partial charge in [0.1, 0.15) is 0 Å². The van der Waals surface area contributed by atoms with Gasteiger partial charge in [-0.05, 0) is 0 Å². The van der Waals surface area contributed by atoms with Gasteiger partial charge in [0.2, 0.25) is 0 Å². The summed E-state index contributed by atoms with van der Waals surface area (Å²) in [7, 11) is 2.50. The van der Waals surface area contributed by atoms with E-state index in [2.05, 4.69) is 0 Å². The summed E-state index contributed by atoms with van der Waals surface area (Å²) in [5.41, 5.74) is 0. The molecule has 0 fully saturated rings. The maximum atomic E-state index is 8.25. The number of aliphatic hydroxyl groups is 1. The largest absolute Gasteiger partial charge is 2.00 e. The maximum Gasteiger partial charge on any atom is 2.00 e. The van der Waals surface area contributed by atoms with E-state index >= 15 is 0 Å². The fraction of sp³-hybridized carbons (Fsp3) is 1.00. The molecule has 0 aliphatic carbocycles. The first-order chi connectivity index (χ1) is 3.00. The summed E-state index contributed by atoms with van der Waals surface area (Å²) < 4.78 is 0. The molecule has 0 unspecified atom stereocenters. The molecule has 0 bridgehead atoms. The standard InChI is InChI=1S/CH4O.2CH3O.Ni/c3*1-2;/h2H,1H3;2*1H3;/q;2*-1;+2. The summed E-state index contributed by atoms with van der Waals surface area (Å²) in [5, 5.41) is 23.5. The Morgan fingerprint density at radius 3 is 0.857 bits per heavy atom. The molecule has 0 aromatic rings. The first kappa shape index (κ1) is 26.3. The van der Waals surface area contributed by atoms with Gasteiger partial charge in [0, 0.05) is 7.11 Å². The fourth-order valence-electron chi connectivity index (χ4n) is 0. The van der Waals surface area contributed by atoms with Crippen LogP contribution in [-0.4, -0.2) is 26.4 Å². The van der Waals surface area contributed by atoms with E-state index in [9.17, 15) is 0 Å². The SMILES string of the molecule is CO.C[O-].C[O-].[Ni+2]. The zero-order valence-electron chi connectivity index (χ0n) is 4.58. The van der Waals surface area contributed by atoms with Gasteiger partial charge in [-0.25, -0.2) is 0 Å². The molecule has 0 rings (SSSR count). The van der Waals surface area contributed by atoms with Crippen LogP contribution in [0.1, 0.15) is 0 Å². The molecule has 50 valence electrons.